The number of imidazole rings is 1. The molecule has 0 saturated carbocycles. The van der Waals surface area contributed by atoms with Gasteiger partial charge in [-0.25, -0.2) is 9.78 Å². The van der Waals surface area contributed by atoms with Crippen molar-refractivity contribution in [2.75, 3.05) is 0 Å². The van der Waals surface area contributed by atoms with E-state index in [1.807, 2.05) is 0 Å². The highest BCUT2D eigenvalue weighted by atomic mass is 35.5. The number of H-pyrrole nitrogens is 1. The summed E-state index contributed by atoms with van der Waals surface area (Å²) < 4.78 is 2.04. The molecule has 2 rings (SSSR count). The first kappa shape index (κ1) is 9.72. The highest BCUT2D eigenvalue weighted by Gasteiger charge is 2.10. The Hall–Kier alpha value is -1.82. The highest BCUT2D eigenvalue weighted by molar-refractivity contribution is 6.15. The quantitative estimate of drug-likeness (QED) is 0.737. The van der Waals surface area contributed by atoms with Gasteiger partial charge < -0.3 is 4.57 Å². The van der Waals surface area contributed by atoms with Crippen molar-refractivity contribution in [1.82, 2.24) is 18.6 Å². The molecule has 0 unspecified atom stereocenters. The second-order valence-electron chi connectivity index (χ2n) is 2.90. The van der Waals surface area contributed by atoms with Crippen molar-refractivity contribution >= 4 is 22.9 Å². The molecule has 0 aliphatic heterocycles. The summed E-state index contributed by atoms with van der Waals surface area (Å²) in [6.07, 6.45) is 3.06. The van der Waals surface area contributed by atoms with Crippen molar-refractivity contribution in [1.29, 1.82) is 0 Å². The normalized spacial score (nSPS) is 10.7. The standard InChI is InChI=1S/C8H7ClN4O2/c1-2-3-12-4-10-6-5(12)7(14)13(9)8(15)11-6/h2,4H,1,3H2,(H,11,15). The van der Waals surface area contributed by atoms with Gasteiger partial charge in [0.25, 0.3) is 5.56 Å². The summed E-state index contributed by atoms with van der Waals surface area (Å²) in [6, 6.07) is 0. The predicted octanol–water partition coefficient (Wildman–Crippen LogP) is 0.0742. The van der Waals surface area contributed by atoms with E-state index in [2.05, 4.69) is 16.5 Å². The molecule has 0 aromatic carbocycles. The van der Waals surface area contributed by atoms with Crippen LogP contribution in [-0.2, 0) is 6.54 Å². The fraction of sp³-hybridized carbons (Fsp3) is 0.125. The molecule has 0 aliphatic carbocycles. The number of nitrogens with one attached hydrogen (secondary N) is 1. The Labute approximate surface area is 88.5 Å². The maximum Gasteiger partial charge on any atom is 0.345 e. The molecule has 0 fully saturated rings. The number of hydrogen-bond donors (Lipinski definition) is 1. The second kappa shape index (κ2) is 3.39. The van der Waals surface area contributed by atoms with E-state index in [9.17, 15) is 9.59 Å². The molecule has 2 aromatic heterocycles. The van der Waals surface area contributed by atoms with Gasteiger partial charge in [-0.1, -0.05) is 6.08 Å². The predicted molar refractivity (Wildman–Crippen MR) is 56.1 cm³/mol. The number of hydrogen-bond acceptors (Lipinski definition) is 3. The molecule has 0 atom stereocenters. The molecule has 78 valence electrons. The first-order valence-corrected chi connectivity index (χ1v) is 4.46. The van der Waals surface area contributed by atoms with E-state index in [0.717, 1.165) is 0 Å². The van der Waals surface area contributed by atoms with Crippen LogP contribution in [0.2, 0.25) is 0 Å². The van der Waals surface area contributed by atoms with Crippen LogP contribution in [-0.4, -0.2) is 18.6 Å². The number of aromatic amines is 1. The van der Waals surface area contributed by atoms with Crippen LogP contribution >= 0.6 is 11.8 Å². The van der Waals surface area contributed by atoms with Crippen molar-refractivity contribution in [2.24, 2.45) is 0 Å². The molecule has 1 N–H and O–H groups in total. The summed E-state index contributed by atoms with van der Waals surface area (Å²) >= 11 is 5.48. The topological polar surface area (TPSA) is 72.7 Å². The zero-order valence-corrected chi connectivity index (χ0v) is 8.36. The van der Waals surface area contributed by atoms with Crippen LogP contribution < -0.4 is 11.2 Å². The van der Waals surface area contributed by atoms with Crippen LogP contribution in [0.1, 0.15) is 0 Å². The number of halogens is 1. The molecule has 0 spiro atoms. The number of allylic oxidation sites excluding steroid dienone is 1. The van der Waals surface area contributed by atoms with Gasteiger partial charge in [-0.3, -0.25) is 9.78 Å². The lowest BCUT2D eigenvalue weighted by atomic mass is 10.5. The minimum absolute atomic E-state index is 0.226. The van der Waals surface area contributed by atoms with Gasteiger partial charge in [0.1, 0.15) is 0 Å². The van der Waals surface area contributed by atoms with Crippen LogP contribution in [0.5, 0.6) is 0 Å². The molecule has 0 aliphatic rings. The smallest absolute Gasteiger partial charge is 0.321 e. The summed E-state index contributed by atoms with van der Waals surface area (Å²) in [5.41, 5.74) is -0.805. The third kappa shape index (κ3) is 1.39. The van der Waals surface area contributed by atoms with Crippen LogP contribution in [0.25, 0.3) is 11.2 Å². The van der Waals surface area contributed by atoms with Crippen molar-refractivity contribution in [3.8, 4) is 0 Å². The zero-order valence-electron chi connectivity index (χ0n) is 7.61. The molecule has 6 nitrogen and oxygen atoms in total. The van der Waals surface area contributed by atoms with E-state index < -0.39 is 11.2 Å². The maximum absolute atomic E-state index is 11.6. The van der Waals surface area contributed by atoms with E-state index in [1.165, 1.54) is 6.33 Å². The third-order valence-electron chi connectivity index (χ3n) is 1.95. The Morgan fingerprint density at radius 2 is 2.33 bits per heavy atom. The molecule has 0 bridgehead atoms. The summed E-state index contributed by atoms with van der Waals surface area (Å²) in [7, 11) is 0. The summed E-state index contributed by atoms with van der Waals surface area (Å²) in [5, 5.41) is 0. The van der Waals surface area contributed by atoms with Gasteiger partial charge in [0.05, 0.1) is 6.33 Å². The summed E-state index contributed by atoms with van der Waals surface area (Å²) in [6.45, 7) is 3.97. The second-order valence-corrected chi connectivity index (χ2v) is 3.24. The van der Waals surface area contributed by atoms with E-state index in [1.54, 1.807) is 10.6 Å². The SMILES string of the molecule is C=CCn1cnc2[nH]c(=O)n(Cl)c(=O)c21. The van der Waals surface area contributed by atoms with E-state index in [-0.39, 0.29) is 11.2 Å². The fourth-order valence-electron chi connectivity index (χ4n) is 1.31. The van der Waals surface area contributed by atoms with Gasteiger partial charge in [-0.2, -0.15) is 4.09 Å². The summed E-state index contributed by atoms with van der Waals surface area (Å²) in [5.74, 6) is 0. The molecular weight excluding hydrogens is 220 g/mol. The van der Waals surface area contributed by atoms with Gasteiger partial charge in [-0.05, 0) is 0 Å². The number of aromatic nitrogens is 4. The molecule has 7 heteroatoms. The van der Waals surface area contributed by atoms with Crippen LogP contribution in [0, 0.1) is 0 Å². The van der Waals surface area contributed by atoms with E-state index in [0.29, 0.717) is 10.6 Å². The molecular formula is C8H7ClN4O2. The van der Waals surface area contributed by atoms with Crippen molar-refractivity contribution in [3.05, 3.63) is 39.8 Å². The highest BCUT2D eigenvalue weighted by Crippen LogP contribution is 2.03. The van der Waals surface area contributed by atoms with Gasteiger partial charge in [0.15, 0.2) is 11.2 Å². The third-order valence-corrected chi connectivity index (χ3v) is 2.26. The van der Waals surface area contributed by atoms with Crippen LogP contribution in [0.4, 0.5) is 0 Å². The number of rotatable bonds is 2. The average Bonchev–Trinajstić information content (AvgIpc) is 2.59. The Bertz CT molecular complexity index is 636. The maximum atomic E-state index is 11.6. The first-order chi connectivity index (χ1) is 7.15. The Morgan fingerprint density at radius 3 is 3.00 bits per heavy atom. The Morgan fingerprint density at radius 1 is 1.60 bits per heavy atom. The number of nitrogens with zero attached hydrogens (tertiary/aromatic N) is 3. The minimum Gasteiger partial charge on any atom is -0.321 e. The molecule has 15 heavy (non-hydrogen) atoms. The van der Waals surface area contributed by atoms with Crippen molar-refractivity contribution < 1.29 is 0 Å². The zero-order chi connectivity index (χ0) is 11.0. The monoisotopic (exact) mass is 226 g/mol. The molecule has 2 heterocycles. The Balaban J connectivity index is 2.91. The van der Waals surface area contributed by atoms with E-state index in [4.69, 9.17) is 11.8 Å². The lowest BCUT2D eigenvalue weighted by molar-refractivity contribution is 0.840. The fourth-order valence-corrected chi connectivity index (χ4v) is 1.43. The molecule has 0 saturated heterocycles. The van der Waals surface area contributed by atoms with Gasteiger partial charge in [0, 0.05) is 18.3 Å². The van der Waals surface area contributed by atoms with Gasteiger partial charge >= 0.3 is 5.69 Å². The molecule has 2 aromatic rings. The van der Waals surface area contributed by atoms with E-state index >= 15 is 0 Å². The molecule has 0 radical (unpaired) electrons. The van der Waals surface area contributed by atoms with Gasteiger partial charge in [0.2, 0.25) is 0 Å². The lowest BCUT2D eigenvalue weighted by Crippen LogP contribution is -2.30. The van der Waals surface area contributed by atoms with Crippen LogP contribution in [0.15, 0.2) is 28.6 Å². The first-order valence-electron chi connectivity index (χ1n) is 4.12. The van der Waals surface area contributed by atoms with Crippen molar-refractivity contribution in [2.45, 2.75) is 6.54 Å². The Kier molecular flexibility index (Phi) is 2.20. The number of fused-ring (bicyclic) bond motifs is 1. The van der Waals surface area contributed by atoms with Crippen LogP contribution in [0.3, 0.4) is 0 Å². The summed E-state index contributed by atoms with van der Waals surface area (Å²) in [4.78, 5) is 29.0. The van der Waals surface area contributed by atoms with Gasteiger partial charge in [-0.15, -0.1) is 6.58 Å². The minimum atomic E-state index is -0.696. The molecule has 0 amide bonds. The largest absolute Gasteiger partial charge is 0.345 e. The van der Waals surface area contributed by atoms with Crippen molar-refractivity contribution in [3.63, 3.8) is 0 Å². The average molecular weight is 227 g/mol. The lowest BCUT2D eigenvalue weighted by Gasteiger charge is -1.98.